The third-order valence-corrected chi connectivity index (χ3v) is 8.78. The maximum Gasteiger partial charge on any atom is 0.472 e. The van der Waals surface area contributed by atoms with Crippen molar-refractivity contribution in [1.82, 2.24) is 0 Å². The maximum atomic E-state index is 12.5. The zero-order valence-electron chi connectivity index (χ0n) is 31.3. The number of aliphatic hydroxyl groups is 3. The number of carbonyl (C=O) groups excluding carboxylic acids is 2. The van der Waals surface area contributed by atoms with E-state index in [0.717, 1.165) is 50.9 Å². The van der Waals surface area contributed by atoms with E-state index in [-0.39, 0.29) is 12.8 Å². The summed E-state index contributed by atoms with van der Waals surface area (Å²) in [6, 6.07) is 0. The molecule has 0 spiro atoms. The zero-order chi connectivity index (χ0) is 38.0. The van der Waals surface area contributed by atoms with E-state index in [1.165, 1.54) is 25.7 Å². The average molecular weight is 743 g/mol. The van der Waals surface area contributed by atoms with Gasteiger partial charge in [-0.25, -0.2) is 4.57 Å². The summed E-state index contributed by atoms with van der Waals surface area (Å²) >= 11 is 0. The lowest BCUT2D eigenvalue weighted by Crippen LogP contribution is -2.30. The first-order chi connectivity index (χ1) is 24.5. The van der Waals surface area contributed by atoms with Crippen molar-refractivity contribution in [2.45, 2.75) is 142 Å². The van der Waals surface area contributed by atoms with Crippen molar-refractivity contribution in [2.75, 3.05) is 26.4 Å². The van der Waals surface area contributed by atoms with E-state index in [2.05, 4.69) is 61.8 Å². The first kappa shape index (κ1) is 48.6. The minimum atomic E-state index is -4.66. The summed E-state index contributed by atoms with van der Waals surface area (Å²) in [6.45, 7) is 4.25. The van der Waals surface area contributed by atoms with Gasteiger partial charge in [-0.05, 0) is 50.9 Å². The van der Waals surface area contributed by atoms with Crippen molar-refractivity contribution in [3.8, 4) is 0 Å². The standard InChI is InChI=1S/C39H67O11P/c1-4-6-7-8-9-10-11-12-13-14-15-19-22-26-35(41)27-24-29-38(43)47-32-37(33-49-51(45,46)48-31-36(42)30-40)50-39(44)28-23-20-17-16-18-21-25-34(3)5-2/h6-7,9-10,12-13,15,19,22,26,34-37,40-42H,4-5,8,11,14,16-18,20-21,23-25,27-33H2,1-3H3,(H,45,46)/b7-6-,10-9-,13-12-,19-15-,26-22+/t34?,35?,36-,37+/m0/s1. The summed E-state index contributed by atoms with van der Waals surface area (Å²) in [5, 5.41) is 28.5. The minimum Gasteiger partial charge on any atom is -0.462 e. The second-order valence-electron chi connectivity index (χ2n) is 12.7. The lowest BCUT2D eigenvalue weighted by molar-refractivity contribution is -0.161. The highest BCUT2D eigenvalue weighted by atomic mass is 31.2. The normalized spacial score (nSPS) is 16.0. The molecule has 5 atom stereocenters. The number of unbranched alkanes of at least 4 members (excludes halogenated alkanes) is 5. The fourth-order valence-corrected chi connectivity index (χ4v) is 5.31. The molecule has 0 saturated carbocycles. The molecule has 11 nitrogen and oxygen atoms in total. The van der Waals surface area contributed by atoms with Crippen LogP contribution in [0.1, 0.15) is 124 Å². The number of rotatable bonds is 33. The Hall–Kier alpha value is -2.37. The number of phosphoric ester groups is 1. The van der Waals surface area contributed by atoms with Gasteiger partial charge in [-0.3, -0.25) is 18.6 Å². The molecule has 294 valence electrons. The third-order valence-electron chi connectivity index (χ3n) is 7.83. The SMILES string of the molecule is CC/C=C\C/C=C\C/C=C\C/C=C\C=C\C(O)CCCC(=O)OC[C@H](COP(=O)(O)OC[C@@H](O)CO)OC(=O)CCCCCCCCC(C)CC. The lowest BCUT2D eigenvalue weighted by atomic mass is 10.00. The predicted molar refractivity (Wildman–Crippen MR) is 202 cm³/mol. The maximum absolute atomic E-state index is 12.5. The smallest absolute Gasteiger partial charge is 0.462 e. The number of phosphoric acid groups is 1. The van der Waals surface area contributed by atoms with E-state index >= 15 is 0 Å². The Kier molecular flexibility index (Phi) is 31.9. The molecule has 0 aromatic heterocycles. The second kappa shape index (κ2) is 33.5. The van der Waals surface area contributed by atoms with Gasteiger partial charge in [0.05, 0.1) is 25.9 Å². The van der Waals surface area contributed by atoms with E-state index in [1.54, 1.807) is 12.2 Å². The fourth-order valence-electron chi connectivity index (χ4n) is 4.52. The van der Waals surface area contributed by atoms with Crippen LogP contribution in [-0.4, -0.2) is 76.9 Å². The van der Waals surface area contributed by atoms with Gasteiger partial charge in [-0.2, -0.15) is 0 Å². The number of carbonyl (C=O) groups is 2. The molecule has 0 saturated heterocycles. The molecule has 4 N–H and O–H groups in total. The molecule has 0 amide bonds. The minimum absolute atomic E-state index is 0.00834. The van der Waals surface area contributed by atoms with Crippen molar-refractivity contribution in [3.05, 3.63) is 60.8 Å². The zero-order valence-corrected chi connectivity index (χ0v) is 32.2. The van der Waals surface area contributed by atoms with Crippen LogP contribution in [0.5, 0.6) is 0 Å². The first-order valence-corrected chi connectivity index (χ1v) is 20.2. The van der Waals surface area contributed by atoms with Gasteiger partial charge in [-0.1, -0.05) is 126 Å². The first-order valence-electron chi connectivity index (χ1n) is 18.7. The van der Waals surface area contributed by atoms with E-state index in [4.69, 9.17) is 19.1 Å². The molecular formula is C39H67O11P. The van der Waals surface area contributed by atoms with Crippen LogP contribution in [0.2, 0.25) is 0 Å². The van der Waals surface area contributed by atoms with Crippen LogP contribution in [0.25, 0.3) is 0 Å². The highest BCUT2D eigenvalue weighted by Gasteiger charge is 2.27. The van der Waals surface area contributed by atoms with Crippen LogP contribution >= 0.6 is 7.82 Å². The van der Waals surface area contributed by atoms with Gasteiger partial charge in [0.15, 0.2) is 6.10 Å². The van der Waals surface area contributed by atoms with Crippen molar-refractivity contribution >= 4 is 19.8 Å². The Morgan fingerprint density at radius 2 is 1.29 bits per heavy atom. The van der Waals surface area contributed by atoms with Crippen LogP contribution in [-0.2, 0) is 32.7 Å². The molecule has 0 fully saturated rings. The highest BCUT2D eigenvalue weighted by Crippen LogP contribution is 2.43. The summed E-state index contributed by atoms with van der Waals surface area (Å²) in [5.41, 5.74) is 0. The largest absolute Gasteiger partial charge is 0.472 e. The van der Waals surface area contributed by atoms with Crippen LogP contribution in [0.4, 0.5) is 0 Å². The molecule has 12 heteroatoms. The van der Waals surface area contributed by atoms with E-state index in [9.17, 15) is 29.3 Å². The topological polar surface area (TPSA) is 169 Å². The second-order valence-corrected chi connectivity index (χ2v) is 14.1. The third kappa shape index (κ3) is 33.2. The van der Waals surface area contributed by atoms with Crippen LogP contribution < -0.4 is 0 Å². The molecular weight excluding hydrogens is 675 g/mol. The molecule has 0 aliphatic heterocycles. The monoisotopic (exact) mass is 742 g/mol. The molecule has 51 heavy (non-hydrogen) atoms. The van der Waals surface area contributed by atoms with Gasteiger partial charge in [0.1, 0.15) is 12.7 Å². The van der Waals surface area contributed by atoms with Gasteiger partial charge in [0.2, 0.25) is 0 Å². The molecule has 0 aromatic carbocycles. The molecule has 0 heterocycles. The number of hydrogen-bond donors (Lipinski definition) is 4. The number of esters is 2. The lowest BCUT2D eigenvalue weighted by Gasteiger charge is -2.20. The van der Waals surface area contributed by atoms with E-state index < -0.39 is 64.5 Å². The van der Waals surface area contributed by atoms with E-state index in [0.29, 0.717) is 19.3 Å². The van der Waals surface area contributed by atoms with Gasteiger partial charge in [-0.15, -0.1) is 0 Å². The Morgan fingerprint density at radius 3 is 1.94 bits per heavy atom. The number of hydrogen-bond acceptors (Lipinski definition) is 10. The summed E-state index contributed by atoms with van der Waals surface area (Å²) < 4.78 is 32.4. The van der Waals surface area contributed by atoms with Crippen LogP contribution in [0.15, 0.2) is 60.8 Å². The summed E-state index contributed by atoms with van der Waals surface area (Å²) in [7, 11) is -4.66. The summed E-state index contributed by atoms with van der Waals surface area (Å²) in [4.78, 5) is 34.8. The fraction of sp³-hybridized carbons (Fsp3) is 0.692. The number of allylic oxidation sites excluding steroid dienone is 9. The number of ether oxygens (including phenoxy) is 2. The molecule has 0 rings (SSSR count). The van der Waals surface area contributed by atoms with Crippen LogP contribution in [0, 0.1) is 5.92 Å². The van der Waals surface area contributed by atoms with Crippen molar-refractivity contribution in [3.63, 3.8) is 0 Å². The van der Waals surface area contributed by atoms with Gasteiger partial charge in [0, 0.05) is 12.8 Å². The van der Waals surface area contributed by atoms with Gasteiger partial charge < -0.3 is 29.7 Å². The summed E-state index contributed by atoms with van der Waals surface area (Å²) in [5.74, 6) is -0.393. The van der Waals surface area contributed by atoms with Crippen molar-refractivity contribution in [1.29, 1.82) is 0 Å². The molecule has 0 aliphatic rings. The molecule has 0 radical (unpaired) electrons. The average Bonchev–Trinajstić information content (AvgIpc) is 3.11. The van der Waals surface area contributed by atoms with Crippen molar-refractivity contribution in [2.24, 2.45) is 5.92 Å². The van der Waals surface area contributed by atoms with Gasteiger partial charge >= 0.3 is 19.8 Å². The Labute approximate surface area is 307 Å². The molecule has 0 bridgehead atoms. The molecule has 3 unspecified atom stereocenters. The molecule has 0 aliphatic carbocycles. The Balaban J connectivity index is 4.60. The molecule has 0 aromatic rings. The number of aliphatic hydroxyl groups excluding tert-OH is 3. The van der Waals surface area contributed by atoms with E-state index in [1.807, 2.05) is 12.2 Å². The Morgan fingerprint density at radius 1 is 0.706 bits per heavy atom. The van der Waals surface area contributed by atoms with Gasteiger partial charge in [0.25, 0.3) is 0 Å². The predicted octanol–water partition coefficient (Wildman–Crippen LogP) is 7.99. The highest BCUT2D eigenvalue weighted by molar-refractivity contribution is 7.47. The Bertz CT molecular complexity index is 1070. The summed E-state index contributed by atoms with van der Waals surface area (Å²) in [6.07, 6.45) is 29.6. The van der Waals surface area contributed by atoms with Crippen molar-refractivity contribution < 1.29 is 52.9 Å². The van der Waals surface area contributed by atoms with Crippen LogP contribution in [0.3, 0.4) is 0 Å². The quantitative estimate of drug-likeness (QED) is 0.0169.